The van der Waals surface area contributed by atoms with Crippen molar-refractivity contribution in [3.63, 3.8) is 0 Å². The van der Waals surface area contributed by atoms with Gasteiger partial charge < -0.3 is 19.5 Å². The lowest BCUT2D eigenvalue weighted by atomic mass is 10.4. The number of carboxylic acids is 1. The second kappa shape index (κ2) is 5.07. The van der Waals surface area contributed by atoms with Crippen LogP contribution in [0.2, 0.25) is 0 Å². The van der Waals surface area contributed by atoms with Crippen LogP contribution < -0.4 is 14.4 Å². The van der Waals surface area contributed by atoms with Crippen molar-refractivity contribution in [1.82, 2.24) is 9.97 Å². The van der Waals surface area contributed by atoms with Gasteiger partial charge in [0.05, 0.1) is 20.3 Å². The third-order valence-corrected chi connectivity index (χ3v) is 2.64. The molecule has 0 bridgehead atoms. The second-order valence-electron chi connectivity index (χ2n) is 4.01. The van der Waals surface area contributed by atoms with Crippen molar-refractivity contribution in [2.24, 2.45) is 0 Å². The lowest BCUT2D eigenvalue weighted by molar-refractivity contribution is -0.135. The molecule has 0 saturated heterocycles. The number of aliphatic carboxylic acids is 1. The monoisotopic (exact) mass is 253 g/mol. The molecule has 1 aromatic rings. The SMILES string of the molecule is COc1cc(OC)nc(N(CC(=O)O)C2CC2)n1. The number of rotatable bonds is 6. The van der Waals surface area contributed by atoms with Crippen molar-refractivity contribution in [2.45, 2.75) is 18.9 Å². The molecular formula is C11H15N3O4. The molecule has 7 nitrogen and oxygen atoms in total. The lowest BCUT2D eigenvalue weighted by Gasteiger charge is -2.20. The minimum absolute atomic E-state index is 0.124. The molecule has 1 aliphatic rings. The highest BCUT2D eigenvalue weighted by atomic mass is 16.5. The molecule has 2 rings (SSSR count). The van der Waals surface area contributed by atoms with Gasteiger partial charge in [0.1, 0.15) is 6.54 Å². The third-order valence-electron chi connectivity index (χ3n) is 2.64. The fourth-order valence-corrected chi connectivity index (χ4v) is 1.62. The Balaban J connectivity index is 2.30. The van der Waals surface area contributed by atoms with Crippen LogP contribution in [0.4, 0.5) is 5.95 Å². The van der Waals surface area contributed by atoms with Gasteiger partial charge in [-0.1, -0.05) is 0 Å². The molecule has 1 heterocycles. The van der Waals surface area contributed by atoms with E-state index in [1.54, 1.807) is 11.0 Å². The van der Waals surface area contributed by atoms with Crippen LogP contribution in [0.1, 0.15) is 12.8 Å². The number of hydrogen-bond donors (Lipinski definition) is 1. The number of ether oxygens (including phenoxy) is 2. The van der Waals surface area contributed by atoms with Crippen molar-refractivity contribution in [1.29, 1.82) is 0 Å². The lowest BCUT2D eigenvalue weighted by Crippen LogP contribution is -2.33. The summed E-state index contributed by atoms with van der Waals surface area (Å²) in [6.07, 6.45) is 1.91. The fourth-order valence-electron chi connectivity index (χ4n) is 1.62. The van der Waals surface area contributed by atoms with E-state index in [4.69, 9.17) is 14.6 Å². The minimum atomic E-state index is -0.910. The Kier molecular flexibility index (Phi) is 3.50. The predicted molar refractivity (Wildman–Crippen MR) is 63.1 cm³/mol. The first-order valence-electron chi connectivity index (χ1n) is 5.59. The molecule has 18 heavy (non-hydrogen) atoms. The summed E-state index contributed by atoms with van der Waals surface area (Å²) >= 11 is 0. The first-order chi connectivity index (χ1) is 8.63. The number of carboxylic acid groups (broad SMARTS) is 1. The Bertz CT molecular complexity index is 426. The maximum Gasteiger partial charge on any atom is 0.323 e. The van der Waals surface area contributed by atoms with E-state index < -0.39 is 5.97 Å². The zero-order valence-corrected chi connectivity index (χ0v) is 10.3. The molecule has 0 unspecified atom stereocenters. The van der Waals surface area contributed by atoms with Crippen LogP contribution in [0.5, 0.6) is 11.8 Å². The van der Waals surface area contributed by atoms with Crippen molar-refractivity contribution in [3.8, 4) is 11.8 Å². The van der Waals surface area contributed by atoms with Crippen molar-refractivity contribution in [3.05, 3.63) is 6.07 Å². The topological polar surface area (TPSA) is 84.8 Å². The number of methoxy groups -OCH3 is 2. The molecule has 1 aromatic heterocycles. The molecule has 1 fully saturated rings. The summed E-state index contributed by atoms with van der Waals surface area (Å²) in [5.74, 6) is 0.129. The van der Waals surface area contributed by atoms with Gasteiger partial charge in [0.2, 0.25) is 17.7 Å². The van der Waals surface area contributed by atoms with E-state index >= 15 is 0 Å². The van der Waals surface area contributed by atoms with Gasteiger partial charge in [-0.2, -0.15) is 9.97 Å². The van der Waals surface area contributed by atoms with Crippen LogP contribution in [-0.4, -0.2) is 47.8 Å². The highest BCUT2D eigenvalue weighted by Gasteiger charge is 2.32. The van der Waals surface area contributed by atoms with Gasteiger partial charge in [-0.3, -0.25) is 4.79 Å². The Morgan fingerprint density at radius 2 is 1.94 bits per heavy atom. The number of hydrogen-bond acceptors (Lipinski definition) is 6. The standard InChI is InChI=1S/C11H15N3O4/c1-17-8-5-9(18-2)13-11(12-8)14(6-10(15)16)7-3-4-7/h5,7H,3-4,6H2,1-2H3,(H,15,16). The Hall–Kier alpha value is -2.05. The van der Waals surface area contributed by atoms with E-state index in [1.165, 1.54) is 14.2 Å². The Morgan fingerprint density at radius 1 is 1.39 bits per heavy atom. The van der Waals surface area contributed by atoms with E-state index in [1.807, 2.05) is 0 Å². The summed E-state index contributed by atoms with van der Waals surface area (Å²) in [6.45, 7) is -0.124. The molecule has 1 saturated carbocycles. The molecule has 7 heteroatoms. The molecular weight excluding hydrogens is 238 g/mol. The van der Waals surface area contributed by atoms with E-state index in [9.17, 15) is 4.79 Å². The first kappa shape index (κ1) is 12.4. The summed E-state index contributed by atoms with van der Waals surface area (Å²) in [6, 6.07) is 1.74. The maximum atomic E-state index is 10.9. The number of aromatic nitrogens is 2. The summed E-state index contributed by atoms with van der Waals surface area (Å²) in [7, 11) is 2.98. The third kappa shape index (κ3) is 2.79. The van der Waals surface area contributed by atoms with Gasteiger partial charge in [0.15, 0.2) is 0 Å². The van der Waals surface area contributed by atoms with Crippen molar-refractivity contribution >= 4 is 11.9 Å². The normalized spacial score (nSPS) is 14.1. The Morgan fingerprint density at radius 3 is 2.33 bits per heavy atom. The van der Waals surface area contributed by atoms with Gasteiger partial charge in [0.25, 0.3) is 0 Å². The van der Waals surface area contributed by atoms with Crippen LogP contribution in [0.3, 0.4) is 0 Å². The van der Waals surface area contributed by atoms with Gasteiger partial charge in [0, 0.05) is 6.04 Å². The smallest absolute Gasteiger partial charge is 0.323 e. The van der Waals surface area contributed by atoms with Crippen LogP contribution in [0.15, 0.2) is 6.07 Å². The van der Waals surface area contributed by atoms with E-state index in [-0.39, 0.29) is 12.6 Å². The quantitative estimate of drug-likeness (QED) is 0.792. The van der Waals surface area contributed by atoms with Gasteiger partial charge in [-0.05, 0) is 12.8 Å². The van der Waals surface area contributed by atoms with E-state index in [2.05, 4.69) is 9.97 Å². The Labute approximate surface area is 104 Å². The average molecular weight is 253 g/mol. The molecule has 0 radical (unpaired) electrons. The number of carbonyl (C=O) groups is 1. The summed E-state index contributed by atoms with van der Waals surface area (Å²) < 4.78 is 10.1. The van der Waals surface area contributed by atoms with Gasteiger partial charge in [-0.25, -0.2) is 0 Å². The number of anilines is 1. The maximum absolute atomic E-state index is 10.9. The van der Waals surface area contributed by atoms with Crippen LogP contribution in [-0.2, 0) is 4.79 Å². The van der Waals surface area contributed by atoms with Crippen LogP contribution >= 0.6 is 0 Å². The largest absolute Gasteiger partial charge is 0.481 e. The average Bonchev–Trinajstić information content (AvgIpc) is 3.19. The number of nitrogens with zero attached hydrogens (tertiary/aromatic N) is 3. The molecule has 98 valence electrons. The predicted octanol–water partition coefficient (Wildman–Crippen LogP) is 0.547. The van der Waals surface area contributed by atoms with E-state index in [0.29, 0.717) is 17.7 Å². The van der Waals surface area contributed by atoms with Crippen LogP contribution in [0, 0.1) is 0 Å². The molecule has 1 aliphatic carbocycles. The minimum Gasteiger partial charge on any atom is -0.481 e. The molecule has 0 aliphatic heterocycles. The molecule has 0 amide bonds. The second-order valence-corrected chi connectivity index (χ2v) is 4.01. The molecule has 0 aromatic carbocycles. The summed E-state index contributed by atoms with van der Waals surface area (Å²) in [5, 5.41) is 8.92. The first-order valence-corrected chi connectivity index (χ1v) is 5.59. The van der Waals surface area contributed by atoms with E-state index in [0.717, 1.165) is 12.8 Å². The highest BCUT2D eigenvalue weighted by Crippen LogP contribution is 2.31. The molecule has 1 N–H and O–H groups in total. The fraction of sp³-hybridized carbons (Fsp3) is 0.545. The summed E-state index contributed by atoms with van der Waals surface area (Å²) in [4.78, 5) is 20.9. The zero-order valence-electron chi connectivity index (χ0n) is 10.3. The zero-order chi connectivity index (χ0) is 13.1. The summed E-state index contributed by atoms with van der Waals surface area (Å²) in [5.41, 5.74) is 0. The highest BCUT2D eigenvalue weighted by molar-refractivity contribution is 5.73. The van der Waals surface area contributed by atoms with Crippen molar-refractivity contribution < 1.29 is 19.4 Å². The molecule has 0 atom stereocenters. The molecule has 0 spiro atoms. The van der Waals surface area contributed by atoms with Crippen molar-refractivity contribution in [2.75, 3.05) is 25.7 Å². The van der Waals surface area contributed by atoms with Crippen LogP contribution in [0.25, 0.3) is 0 Å². The van der Waals surface area contributed by atoms with Gasteiger partial charge in [-0.15, -0.1) is 0 Å². The van der Waals surface area contributed by atoms with Gasteiger partial charge >= 0.3 is 5.97 Å².